The topological polar surface area (TPSA) is 31.5 Å². The van der Waals surface area contributed by atoms with Gasteiger partial charge in [0.2, 0.25) is 0 Å². The van der Waals surface area contributed by atoms with Gasteiger partial charge in [0.05, 0.1) is 5.71 Å². The summed E-state index contributed by atoms with van der Waals surface area (Å²) < 4.78 is 0. The summed E-state index contributed by atoms with van der Waals surface area (Å²) in [5.74, 6) is 0. The molecule has 1 aromatic rings. The molecule has 0 radical (unpaired) electrons. The summed E-state index contributed by atoms with van der Waals surface area (Å²) in [6.07, 6.45) is 3.03. The van der Waals surface area contributed by atoms with Crippen LogP contribution in [-0.2, 0) is 6.54 Å². The smallest absolute Gasteiger partial charge is 0.281 e. The molecule has 0 saturated heterocycles. The van der Waals surface area contributed by atoms with Gasteiger partial charge in [-0.2, -0.15) is 0 Å². The first-order valence-electron chi connectivity index (χ1n) is 6.57. The van der Waals surface area contributed by atoms with E-state index in [4.69, 9.17) is 12.0 Å². The second-order valence-electron chi connectivity index (χ2n) is 4.96. The molecule has 19 heavy (non-hydrogen) atoms. The van der Waals surface area contributed by atoms with Crippen LogP contribution in [0.4, 0.5) is 0 Å². The van der Waals surface area contributed by atoms with Crippen LogP contribution in [0.15, 0.2) is 42.0 Å². The Kier molecular flexibility index (Phi) is 4.48. The molecule has 1 aliphatic heterocycles. The molecule has 3 nitrogen and oxygen atoms in total. The molecule has 1 aromatic carbocycles. The molecule has 0 amide bonds. The fourth-order valence-corrected chi connectivity index (χ4v) is 2.42. The van der Waals surface area contributed by atoms with Gasteiger partial charge in [-0.1, -0.05) is 36.4 Å². The van der Waals surface area contributed by atoms with Crippen molar-refractivity contribution in [1.29, 1.82) is 5.41 Å². The molecule has 2 rings (SSSR count). The molecule has 0 fully saturated rings. The molecular formula is C16H19N3. The Hall–Kier alpha value is -1.92. The van der Waals surface area contributed by atoms with Gasteiger partial charge in [0.15, 0.2) is 0 Å². The Labute approximate surface area is 114 Å². The highest BCUT2D eigenvalue weighted by Crippen LogP contribution is 2.19. The van der Waals surface area contributed by atoms with E-state index in [-0.39, 0.29) is 6.04 Å². The number of benzene rings is 1. The van der Waals surface area contributed by atoms with Gasteiger partial charge in [0, 0.05) is 25.2 Å². The Morgan fingerprint density at radius 2 is 2.16 bits per heavy atom. The van der Waals surface area contributed by atoms with Crippen LogP contribution < -0.4 is 0 Å². The fourth-order valence-electron chi connectivity index (χ4n) is 2.42. The molecule has 1 atom stereocenters. The lowest BCUT2D eigenvalue weighted by molar-refractivity contribution is 0.285. The zero-order valence-corrected chi connectivity index (χ0v) is 11.3. The molecule has 1 N–H and O–H groups in total. The number of nitrogens with one attached hydrogen (secondary N) is 1. The third-order valence-electron chi connectivity index (χ3n) is 3.47. The van der Waals surface area contributed by atoms with E-state index in [1.807, 2.05) is 6.07 Å². The van der Waals surface area contributed by atoms with Crippen LogP contribution in [0, 0.1) is 12.0 Å². The van der Waals surface area contributed by atoms with Crippen molar-refractivity contribution in [3.05, 3.63) is 59.0 Å². The van der Waals surface area contributed by atoms with Crippen molar-refractivity contribution in [2.45, 2.75) is 25.9 Å². The summed E-state index contributed by atoms with van der Waals surface area (Å²) >= 11 is 0. The van der Waals surface area contributed by atoms with E-state index in [0.717, 1.165) is 31.6 Å². The summed E-state index contributed by atoms with van der Waals surface area (Å²) in [6.45, 7) is 11.7. The SMILES string of the molecule is [C-]#[N+]C(C(C)=N)C1=CCN(Cc2ccccc2)CC1. The Balaban J connectivity index is 1.96. The number of rotatable bonds is 4. The summed E-state index contributed by atoms with van der Waals surface area (Å²) in [4.78, 5) is 5.93. The molecule has 0 bridgehead atoms. The van der Waals surface area contributed by atoms with Crippen LogP contribution in [0.2, 0.25) is 0 Å². The minimum absolute atomic E-state index is 0.334. The standard InChI is InChI=1S/C16H19N3/c1-13(17)16(18-2)15-8-10-19(11-9-15)12-14-6-4-3-5-7-14/h3-8,16-17H,9-12H2,1H3. The lowest BCUT2D eigenvalue weighted by atomic mass is 9.97. The predicted molar refractivity (Wildman–Crippen MR) is 78.2 cm³/mol. The molecule has 0 aliphatic carbocycles. The van der Waals surface area contributed by atoms with Gasteiger partial charge >= 0.3 is 0 Å². The third kappa shape index (κ3) is 3.52. The molecule has 0 saturated carbocycles. The monoisotopic (exact) mass is 253 g/mol. The van der Waals surface area contributed by atoms with E-state index in [1.165, 1.54) is 5.56 Å². The number of hydrogen-bond donors (Lipinski definition) is 1. The zero-order valence-electron chi connectivity index (χ0n) is 11.3. The molecule has 1 unspecified atom stereocenters. The molecule has 0 aromatic heterocycles. The van der Waals surface area contributed by atoms with Crippen LogP contribution in [-0.4, -0.2) is 29.7 Å². The normalized spacial score (nSPS) is 17.4. The molecule has 98 valence electrons. The summed E-state index contributed by atoms with van der Waals surface area (Å²) in [6, 6.07) is 10.1. The van der Waals surface area contributed by atoms with E-state index in [1.54, 1.807) is 6.92 Å². The second kappa shape index (κ2) is 6.31. The van der Waals surface area contributed by atoms with Gasteiger partial charge in [0.1, 0.15) is 0 Å². The fraction of sp³-hybridized carbons (Fsp3) is 0.375. The largest absolute Gasteiger partial charge is 0.302 e. The second-order valence-corrected chi connectivity index (χ2v) is 4.96. The Morgan fingerprint density at radius 3 is 2.68 bits per heavy atom. The molecule has 0 spiro atoms. The average molecular weight is 253 g/mol. The maximum Gasteiger partial charge on any atom is 0.281 e. The van der Waals surface area contributed by atoms with Crippen molar-refractivity contribution in [2.24, 2.45) is 0 Å². The minimum Gasteiger partial charge on any atom is -0.302 e. The van der Waals surface area contributed by atoms with Crippen molar-refractivity contribution in [3.8, 4) is 0 Å². The van der Waals surface area contributed by atoms with Crippen molar-refractivity contribution in [1.82, 2.24) is 4.90 Å². The maximum absolute atomic E-state index is 7.65. The highest BCUT2D eigenvalue weighted by Gasteiger charge is 2.24. The van der Waals surface area contributed by atoms with Crippen LogP contribution in [0.25, 0.3) is 4.85 Å². The van der Waals surface area contributed by atoms with E-state index in [2.05, 4.69) is 40.1 Å². The van der Waals surface area contributed by atoms with Gasteiger partial charge in [-0.15, -0.1) is 0 Å². The molecule has 1 aliphatic rings. The van der Waals surface area contributed by atoms with Crippen LogP contribution in [0.3, 0.4) is 0 Å². The summed E-state index contributed by atoms with van der Waals surface area (Å²) in [5.41, 5.74) is 2.90. The van der Waals surface area contributed by atoms with Crippen molar-refractivity contribution in [3.63, 3.8) is 0 Å². The highest BCUT2D eigenvalue weighted by molar-refractivity contribution is 5.89. The van der Waals surface area contributed by atoms with Crippen molar-refractivity contribution < 1.29 is 0 Å². The van der Waals surface area contributed by atoms with Gasteiger partial charge in [-0.3, -0.25) is 4.90 Å². The lowest BCUT2D eigenvalue weighted by Gasteiger charge is -2.26. The molecule has 1 heterocycles. The zero-order chi connectivity index (χ0) is 13.7. The Bertz CT molecular complexity index is 511. The van der Waals surface area contributed by atoms with Crippen LogP contribution in [0.5, 0.6) is 0 Å². The predicted octanol–water partition coefficient (Wildman–Crippen LogP) is 3.15. The van der Waals surface area contributed by atoms with E-state index in [0.29, 0.717) is 5.71 Å². The van der Waals surface area contributed by atoms with Gasteiger partial charge < -0.3 is 10.3 Å². The van der Waals surface area contributed by atoms with Crippen LogP contribution >= 0.6 is 0 Å². The first kappa shape index (κ1) is 13.5. The lowest BCUT2D eigenvalue weighted by Crippen LogP contribution is -2.31. The average Bonchev–Trinajstić information content (AvgIpc) is 2.42. The van der Waals surface area contributed by atoms with Crippen LogP contribution in [0.1, 0.15) is 18.9 Å². The van der Waals surface area contributed by atoms with E-state index in [9.17, 15) is 0 Å². The first-order chi connectivity index (χ1) is 9.20. The van der Waals surface area contributed by atoms with Crippen molar-refractivity contribution in [2.75, 3.05) is 13.1 Å². The van der Waals surface area contributed by atoms with Gasteiger partial charge in [-0.25, -0.2) is 6.57 Å². The number of nitrogens with zero attached hydrogens (tertiary/aromatic N) is 2. The number of hydrogen-bond acceptors (Lipinski definition) is 2. The Morgan fingerprint density at radius 1 is 1.42 bits per heavy atom. The maximum atomic E-state index is 7.65. The van der Waals surface area contributed by atoms with Gasteiger partial charge in [-0.05, 0) is 18.9 Å². The van der Waals surface area contributed by atoms with Crippen molar-refractivity contribution >= 4 is 5.71 Å². The minimum atomic E-state index is -0.334. The quantitative estimate of drug-likeness (QED) is 0.499. The molecular weight excluding hydrogens is 234 g/mol. The first-order valence-corrected chi connectivity index (χ1v) is 6.57. The van der Waals surface area contributed by atoms with Gasteiger partial charge in [0.25, 0.3) is 6.04 Å². The highest BCUT2D eigenvalue weighted by atomic mass is 15.1. The summed E-state index contributed by atoms with van der Waals surface area (Å²) in [7, 11) is 0. The molecule has 3 heteroatoms. The van der Waals surface area contributed by atoms with E-state index < -0.39 is 0 Å². The van der Waals surface area contributed by atoms with E-state index >= 15 is 0 Å². The summed E-state index contributed by atoms with van der Waals surface area (Å²) in [5, 5.41) is 7.65. The third-order valence-corrected chi connectivity index (χ3v) is 3.47.